The normalized spacial score (nSPS) is 19.7. The van der Waals surface area contributed by atoms with Crippen LogP contribution in [0.5, 0.6) is 0 Å². The zero-order valence-electron chi connectivity index (χ0n) is 9.96. The van der Waals surface area contributed by atoms with Crippen molar-refractivity contribution in [3.8, 4) is 0 Å². The van der Waals surface area contributed by atoms with Gasteiger partial charge >= 0.3 is 0 Å². The minimum Gasteiger partial charge on any atom is -0.378 e. The van der Waals surface area contributed by atoms with E-state index in [4.69, 9.17) is 4.74 Å². The van der Waals surface area contributed by atoms with Gasteiger partial charge in [0.2, 0.25) is 0 Å². The van der Waals surface area contributed by atoms with Gasteiger partial charge in [-0.2, -0.15) is 0 Å². The zero-order chi connectivity index (χ0) is 10.4. The molecule has 0 spiro atoms. The molecule has 0 N–H and O–H groups in total. The van der Waals surface area contributed by atoms with Crippen molar-refractivity contribution < 1.29 is 4.74 Å². The highest BCUT2D eigenvalue weighted by molar-refractivity contribution is 4.77. The Morgan fingerprint density at radius 3 is 2.43 bits per heavy atom. The molecule has 0 bridgehead atoms. The molecule has 1 rings (SSSR count). The molecule has 1 saturated heterocycles. The highest BCUT2D eigenvalue weighted by Gasteiger charge is 2.24. The van der Waals surface area contributed by atoms with Crippen LogP contribution in [0, 0.1) is 5.92 Å². The number of hydrogen-bond acceptors (Lipinski definition) is 2. The van der Waals surface area contributed by atoms with Gasteiger partial charge in [-0.1, -0.05) is 27.2 Å². The number of rotatable bonds is 7. The van der Waals surface area contributed by atoms with Crippen molar-refractivity contribution in [3.05, 3.63) is 0 Å². The lowest BCUT2D eigenvalue weighted by Crippen LogP contribution is -2.49. The summed E-state index contributed by atoms with van der Waals surface area (Å²) in [5, 5.41) is 0. The maximum absolute atomic E-state index is 5.25. The number of ether oxygens (including phenoxy) is 1. The maximum Gasteiger partial charge on any atom is 0.0645 e. The number of hydrogen-bond donors (Lipinski definition) is 0. The van der Waals surface area contributed by atoms with Crippen LogP contribution < -0.4 is 0 Å². The molecule has 0 aromatic carbocycles. The minimum absolute atomic E-state index is 0.721. The first kappa shape index (κ1) is 12.0. The molecule has 1 aliphatic rings. The fraction of sp³-hybridized carbons (Fsp3) is 1.00. The predicted molar refractivity (Wildman–Crippen MR) is 60.5 cm³/mol. The van der Waals surface area contributed by atoms with Crippen LogP contribution in [0.4, 0.5) is 0 Å². The van der Waals surface area contributed by atoms with Crippen molar-refractivity contribution >= 4 is 0 Å². The molecule has 2 nitrogen and oxygen atoms in total. The molecule has 84 valence electrons. The smallest absolute Gasteiger partial charge is 0.0645 e. The SMILES string of the molecule is CCCN(CCC(C)CC)C1COC1. The van der Waals surface area contributed by atoms with E-state index in [2.05, 4.69) is 25.7 Å². The summed E-state index contributed by atoms with van der Waals surface area (Å²) in [5.41, 5.74) is 0. The van der Waals surface area contributed by atoms with Gasteiger partial charge in [0.05, 0.1) is 19.3 Å². The van der Waals surface area contributed by atoms with Crippen LogP contribution in [0.1, 0.15) is 40.0 Å². The lowest BCUT2D eigenvalue weighted by Gasteiger charge is -2.37. The van der Waals surface area contributed by atoms with Gasteiger partial charge in [0.1, 0.15) is 0 Å². The van der Waals surface area contributed by atoms with Crippen LogP contribution in [0.3, 0.4) is 0 Å². The summed E-state index contributed by atoms with van der Waals surface area (Å²) in [6.07, 6.45) is 3.91. The van der Waals surface area contributed by atoms with Gasteiger partial charge in [-0.25, -0.2) is 0 Å². The highest BCUT2D eigenvalue weighted by atomic mass is 16.5. The average molecular weight is 199 g/mol. The first-order chi connectivity index (χ1) is 6.77. The predicted octanol–water partition coefficient (Wildman–Crippen LogP) is 2.53. The third-order valence-electron chi connectivity index (χ3n) is 3.25. The average Bonchev–Trinajstić information content (AvgIpc) is 2.11. The van der Waals surface area contributed by atoms with Crippen LogP contribution in [-0.2, 0) is 4.74 Å². The standard InChI is InChI=1S/C12H25NO/c1-4-7-13(12-9-14-10-12)8-6-11(3)5-2/h11-12H,4-10H2,1-3H3. The molecule has 0 aliphatic carbocycles. The van der Waals surface area contributed by atoms with Crippen LogP contribution in [0.25, 0.3) is 0 Å². The molecule has 14 heavy (non-hydrogen) atoms. The summed E-state index contributed by atoms with van der Waals surface area (Å²) in [6, 6.07) is 0.721. The van der Waals surface area contributed by atoms with Crippen molar-refractivity contribution in [1.82, 2.24) is 4.90 Å². The largest absolute Gasteiger partial charge is 0.378 e. The molecule has 0 amide bonds. The summed E-state index contributed by atoms with van der Waals surface area (Å²) >= 11 is 0. The van der Waals surface area contributed by atoms with Gasteiger partial charge in [-0.15, -0.1) is 0 Å². The van der Waals surface area contributed by atoms with Crippen molar-refractivity contribution in [1.29, 1.82) is 0 Å². The van der Waals surface area contributed by atoms with Gasteiger partial charge < -0.3 is 4.74 Å². The van der Waals surface area contributed by atoms with Crippen LogP contribution in [0.2, 0.25) is 0 Å². The van der Waals surface area contributed by atoms with Crippen molar-refractivity contribution in [3.63, 3.8) is 0 Å². The topological polar surface area (TPSA) is 12.5 Å². The van der Waals surface area contributed by atoms with Gasteiger partial charge in [-0.05, 0) is 31.8 Å². The highest BCUT2D eigenvalue weighted by Crippen LogP contribution is 2.14. The minimum atomic E-state index is 0.721. The van der Waals surface area contributed by atoms with E-state index >= 15 is 0 Å². The van der Waals surface area contributed by atoms with E-state index in [0.29, 0.717) is 0 Å². The van der Waals surface area contributed by atoms with E-state index < -0.39 is 0 Å². The Kier molecular flexibility index (Phi) is 5.49. The van der Waals surface area contributed by atoms with E-state index in [-0.39, 0.29) is 0 Å². The summed E-state index contributed by atoms with van der Waals surface area (Å²) in [6.45, 7) is 11.3. The Morgan fingerprint density at radius 1 is 1.29 bits per heavy atom. The molecule has 0 radical (unpaired) electrons. The van der Waals surface area contributed by atoms with Crippen molar-refractivity contribution in [2.75, 3.05) is 26.3 Å². The summed E-state index contributed by atoms with van der Waals surface area (Å²) in [7, 11) is 0. The maximum atomic E-state index is 5.25. The van der Waals surface area contributed by atoms with Crippen LogP contribution in [-0.4, -0.2) is 37.2 Å². The zero-order valence-corrected chi connectivity index (χ0v) is 9.96. The molecule has 1 heterocycles. The molecule has 0 aromatic heterocycles. The lowest BCUT2D eigenvalue weighted by atomic mass is 10.0. The summed E-state index contributed by atoms with van der Waals surface area (Å²) < 4.78 is 5.25. The molecule has 1 atom stereocenters. The molecular weight excluding hydrogens is 174 g/mol. The lowest BCUT2D eigenvalue weighted by molar-refractivity contribution is -0.0659. The van der Waals surface area contributed by atoms with E-state index in [1.54, 1.807) is 0 Å². The van der Waals surface area contributed by atoms with E-state index in [0.717, 1.165) is 25.2 Å². The molecule has 2 heteroatoms. The molecule has 1 unspecified atom stereocenters. The second-order valence-corrected chi connectivity index (χ2v) is 4.53. The third kappa shape index (κ3) is 3.58. The van der Waals surface area contributed by atoms with Crippen molar-refractivity contribution in [2.24, 2.45) is 5.92 Å². The molecule has 0 aromatic rings. The summed E-state index contributed by atoms with van der Waals surface area (Å²) in [5.74, 6) is 0.871. The molecule has 1 fully saturated rings. The molecule has 1 aliphatic heterocycles. The first-order valence-corrected chi connectivity index (χ1v) is 6.09. The Labute approximate surface area is 88.6 Å². The van der Waals surface area contributed by atoms with Gasteiger partial charge in [-0.3, -0.25) is 4.90 Å². The Bertz CT molecular complexity index is 145. The van der Waals surface area contributed by atoms with E-state index in [1.165, 1.54) is 32.4 Å². The fourth-order valence-electron chi connectivity index (χ4n) is 1.79. The quantitative estimate of drug-likeness (QED) is 0.625. The van der Waals surface area contributed by atoms with Crippen LogP contribution >= 0.6 is 0 Å². The fourth-order valence-corrected chi connectivity index (χ4v) is 1.79. The molecule has 0 saturated carbocycles. The second kappa shape index (κ2) is 6.41. The Morgan fingerprint density at radius 2 is 2.00 bits per heavy atom. The summed E-state index contributed by atoms with van der Waals surface area (Å²) in [4.78, 5) is 2.61. The Balaban J connectivity index is 2.20. The van der Waals surface area contributed by atoms with Crippen molar-refractivity contribution in [2.45, 2.75) is 46.1 Å². The van der Waals surface area contributed by atoms with E-state index in [1.807, 2.05) is 0 Å². The second-order valence-electron chi connectivity index (χ2n) is 4.53. The first-order valence-electron chi connectivity index (χ1n) is 6.09. The Hall–Kier alpha value is -0.0800. The van der Waals surface area contributed by atoms with E-state index in [9.17, 15) is 0 Å². The third-order valence-corrected chi connectivity index (χ3v) is 3.25. The molecular formula is C12H25NO. The van der Waals surface area contributed by atoms with Gasteiger partial charge in [0.15, 0.2) is 0 Å². The van der Waals surface area contributed by atoms with Crippen LogP contribution in [0.15, 0.2) is 0 Å². The van der Waals surface area contributed by atoms with Gasteiger partial charge in [0, 0.05) is 0 Å². The number of nitrogens with zero attached hydrogens (tertiary/aromatic N) is 1. The van der Waals surface area contributed by atoms with Gasteiger partial charge in [0.25, 0.3) is 0 Å². The monoisotopic (exact) mass is 199 g/mol.